The van der Waals surface area contributed by atoms with Crippen LogP contribution >= 0.6 is 0 Å². The Hall–Kier alpha value is -3.21. The maximum Gasteiger partial charge on any atom is 0.342 e. The molecule has 0 aliphatic rings. The largest absolute Gasteiger partial charge is 0.497 e. The Labute approximate surface area is 152 Å². The van der Waals surface area contributed by atoms with E-state index in [2.05, 4.69) is 9.97 Å². The minimum absolute atomic E-state index is 0.298. The summed E-state index contributed by atoms with van der Waals surface area (Å²) >= 11 is 0. The Balaban J connectivity index is 2.17. The molecule has 0 spiro atoms. The quantitative estimate of drug-likeness (QED) is 0.643. The van der Waals surface area contributed by atoms with E-state index in [9.17, 15) is 4.79 Å². The summed E-state index contributed by atoms with van der Waals surface area (Å²) in [7, 11) is 1.62. The molecule has 0 bridgehead atoms. The van der Waals surface area contributed by atoms with Gasteiger partial charge in [-0.25, -0.2) is 14.8 Å². The van der Waals surface area contributed by atoms with Crippen molar-refractivity contribution in [2.45, 2.75) is 13.8 Å². The second-order valence-electron chi connectivity index (χ2n) is 5.67. The van der Waals surface area contributed by atoms with Crippen molar-refractivity contribution >= 4 is 5.97 Å². The van der Waals surface area contributed by atoms with Crippen molar-refractivity contribution in [3.63, 3.8) is 0 Å². The first-order valence-corrected chi connectivity index (χ1v) is 8.39. The summed E-state index contributed by atoms with van der Waals surface area (Å²) in [5, 5.41) is 0. The molecule has 3 aromatic rings. The van der Waals surface area contributed by atoms with Crippen LogP contribution in [-0.4, -0.2) is 29.7 Å². The van der Waals surface area contributed by atoms with E-state index in [1.165, 1.54) is 0 Å². The number of nitrogens with zero attached hydrogens (tertiary/aromatic N) is 2. The molecule has 26 heavy (non-hydrogen) atoms. The first-order valence-electron chi connectivity index (χ1n) is 8.39. The third-order valence-corrected chi connectivity index (χ3v) is 3.96. The monoisotopic (exact) mass is 348 g/mol. The summed E-state index contributed by atoms with van der Waals surface area (Å²) in [6, 6.07) is 17.1. The lowest BCUT2D eigenvalue weighted by atomic mass is 10.0. The molecule has 3 rings (SSSR count). The highest BCUT2D eigenvalue weighted by atomic mass is 16.5. The van der Waals surface area contributed by atoms with Gasteiger partial charge in [0.2, 0.25) is 0 Å². The number of carbonyl (C=O) groups excluding carboxylic acids is 1. The summed E-state index contributed by atoms with van der Waals surface area (Å²) in [4.78, 5) is 21.7. The average molecular weight is 348 g/mol. The number of esters is 1. The molecule has 0 radical (unpaired) electrons. The van der Waals surface area contributed by atoms with Crippen molar-refractivity contribution in [3.8, 4) is 28.4 Å². The minimum atomic E-state index is -0.412. The van der Waals surface area contributed by atoms with Gasteiger partial charge in [-0.05, 0) is 38.1 Å². The standard InChI is InChI=1S/C21H20N2O3/c1-4-26-21(24)18-14(2)22-20(16-10-12-17(25-3)13-11-16)23-19(18)15-8-6-5-7-9-15/h5-13H,4H2,1-3H3. The van der Waals surface area contributed by atoms with Crippen LogP contribution < -0.4 is 4.74 Å². The van der Waals surface area contributed by atoms with Gasteiger partial charge in [-0.3, -0.25) is 0 Å². The Morgan fingerprint density at radius 2 is 1.65 bits per heavy atom. The van der Waals surface area contributed by atoms with Gasteiger partial charge in [-0.15, -0.1) is 0 Å². The summed E-state index contributed by atoms with van der Waals surface area (Å²) in [6.07, 6.45) is 0. The van der Waals surface area contributed by atoms with Gasteiger partial charge < -0.3 is 9.47 Å². The second kappa shape index (κ2) is 7.78. The molecule has 5 heteroatoms. The van der Waals surface area contributed by atoms with Crippen LogP contribution in [0.5, 0.6) is 5.75 Å². The Kier molecular flexibility index (Phi) is 5.27. The molecule has 0 aliphatic heterocycles. The van der Waals surface area contributed by atoms with E-state index in [4.69, 9.17) is 9.47 Å². The number of methoxy groups -OCH3 is 1. The fourth-order valence-electron chi connectivity index (χ4n) is 2.69. The number of hydrogen-bond donors (Lipinski definition) is 0. The molecule has 2 aromatic carbocycles. The summed E-state index contributed by atoms with van der Waals surface area (Å²) in [5.74, 6) is 0.902. The van der Waals surface area contributed by atoms with Crippen LogP contribution in [0, 0.1) is 6.92 Å². The lowest BCUT2D eigenvalue weighted by Gasteiger charge is -2.13. The number of aryl methyl sites for hydroxylation is 1. The van der Waals surface area contributed by atoms with E-state index in [-0.39, 0.29) is 0 Å². The van der Waals surface area contributed by atoms with Gasteiger partial charge >= 0.3 is 5.97 Å². The van der Waals surface area contributed by atoms with E-state index < -0.39 is 5.97 Å². The molecule has 0 fully saturated rings. The van der Waals surface area contributed by atoms with Crippen molar-refractivity contribution in [2.24, 2.45) is 0 Å². The van der Waals surface area contributed by atoms with Gasteiger partial charge in [0.25, 0.3) is 0 Å². The highest BCUT2D eigenvalue weighted by Crippen LogP contribution is 2.28. The van der Waals surface area contributed by atoms with Crippen molar-refractivity contribution in [2.75, 3.05) is 13.7 Å². The molecular weight excluding hydrogens is 328 g/mol. The van der Waals surface area contributed by atoms with E-state index in [0.717, 1.165) is 16.9 Å². The molecule has 0 amide bonds. The summed E-state index contributed by atoms with van der Waals surface area (Å²) in [6.45, 7) is 3.88. The minimum Gasteiger partial charge on any atom is -0.497 e. The van der Waals surface area contributed by atoms with Crippen LogP contribution in [0.25, 0.3) is 22.6 Å². The van der Waals surface area contributed by atoms with E-state index in [1.54, 1.807) is 21.0 Å². The normalized spacial score (nSPS) is 10.4. The smallest absolute Gasteiger partial charge is 0.342 e. The number of ether oxygens (including phenoxy) is 2. The maximum atomic E-state index is 12.5. The number of benzene rings is 2. The Morgan fingerprint density at radius 3 is 2.27 bits per heavy atom. The number of hydrogen-bond acceptors (Lipinski definition) is 5. The first-order chi connectivity index (χ1) is 12.6. The van der Waals surface area contributed by atoms with Crippen molar-refractivity contribution < 1.29 is 14.3 Å². The van der Waals surface area contributed by atoms with Gasteiger partial charge in [0.05, 0.1) is 25.1 Å². The Morgan fingerprint density at radius 1 is 0.962 bits per heavy atom. The van der Waals surface area contributed by atoms with E-state index >= 15 is 0 Å². The fourth-order valence-corrected chi connectivity index (χ4v) is 2.69. The SMILES string of the molecule is CCOC(=O)c1c(C)nc(-c2ccc(OC)cc2)nc1-c1ccccc1. The second-order valence-corrected chi connectivity index (χ2v) is 5.67. The zero-order chi connectivity index (χ0) is 18.5. The summed E-state index contributed by atoms with van der Waals surface area (Å²) < 4.78 is 10.4. The molecular formula is C21H20N2O3. The molecule has 0 unspecified atom stereocenters. The van der Waals surface area contributed by atoms with Crippen molar-refractivity contribution in [1.82, 2.24) is 9.97 Å². The fraction of sp³-hybridized carbons (Fsp3) is 0.190. The van der Waals surface area contributed by atoms with Crippen LogP contribution in [0.15, 0.2) is 54.6 Å². The van der Waals surface area contributed by atoms with Gasteiger partial charge in [0, 0.05) is 11.1 Å². The highest BCUT2D eigenvalue weighted by molar-refractivity contribution is 5.97. The first kappa shape index (κ1) is 17.6. The number of aromatic nitrogens is 2. The molecule has 0 atom stereocenters. The number of rotatable bonds is 5. The molecule has 5 nitrogen and oxygen atoms in total. The molecule has 0 saturated heterocycles. The van der Waals surface area contributed by atoms with Crippen molar-refractivity contribution in [3.05, 3.63) is 65.9 Å². The molecule has 0 N–H and O–H groups in total. The van der Waals surface area contributed by atoms with E-state index in [1.807, 2.05) is 54.6 Å². The number of carbonyl (C=O) groups is 1. The zero-order valence-electron chi connectivity index (χ0n) is 15.0. The van der Waals surface area contributed by atoms with Gasteiger partial charge in [0.15, 0.2) is 5.82 Å². The van der Waals surface area contributed by atoms with Crippen LogP contribution in [-0.2, 0) is 4.74 Å². The molecule has 132 valence electrons. The zero-order valence-corrected chi connectivity index (χ0v) is 15.0. The molecule has 0 aliphatic carbocycles. The molecule has 1 aromatic heterocycles. The Bertz CT molecular complexity index is 907. The maximum absolute atomic E-state index is 12.5. The van der Waals surface area contributed by atoms with E-state index in [0.29, 0.717) is 29.4 Å². The van der Waals surface area contributed by atoms with Crippen molar-refractivity contribution in [1.29, 1.82) is 0 Å². The third kappa shape index (κ3) is 3.57. The van der Waals surface area contributed by atoms with Crippen LogP contribution in [0.2, 0.25) is 0 Å². The van der Waals surface area contributed by atoms with Gasteiger partial charge in [-0.2, -0.15) is 0 Å². The highest BCUT2D eigenvalue weighted by Gasteiger charge is 2.21. The van der Waals surface area contributed by atoms with Gasteiger partial charge in [0.1, 0.15) is 11.3 Å². The topological polar surface area (TPSA) is 61.3 Å². The van der Waals surface area contributed by atoms with Crippen LogP contribution in [0.4, 0.5) is 0 Å². The van der Waals surface area contributed by atoms with Crippen LogP contribution in [0.3, 0.4) is 0 Å². The lowest BCUT2D eigenvalue weighted by Crippen LogP contribution is -2.12. The molecule has 0 saturated carbocycles. The lowest BCUT2D eigenvalue weighted by molar-refractivity contribution is 0.0525. The van der Waals surface area contributed by atoms with Crippen LogP contribution in [0.1, 0.15) is 23.0 Å². The third-order valence-electron chi connectivity index (χ3n) is 3.96. The average Bonchev–Trinajstić information content (AvgIpc) is 2.68. The summed E-state index contributed by atoms with van der Waals surface area (Å²) in [5.41, 5.74) is 3.25. The van der Waals surface area contributed by atoms with Gasteiger partial charge in [-0.1, -0.05) is 30.3 Å². The molecule has 1 heterocycles. The predicted molar refractivity (Wildman–Crippen MR) is 100 cm³/mol. The predicted octanol–water partition coefficient (Wildman–Crippen LogP) is 4.30.